The Morgan fingerprint density at radius 1 is 1.39 bits per heavy atom. The molecular weight excluding hydrogens is 306 g/mol. The number of hydrogen-bond acceptors (Lipinski definition) is 4. The molecule has 7 heteroatoms. The summed E-state index contributed by atoms with van der Waals surface area (Å²) < 4.78 is 31.9. The highest BCUT2D eigenvalue weighted by molar-refractivity contribution is 5.94. The highest BCUT2D eigenvalue weighted by atomic mass is 19.3. The van der Waals surface area contributed by atoms with Crippen LogP contribution in [0.3, 0.4) is 0 Å². The molecule has 3 unspecified atom stereocenters. The summed E-state index contributed by atoms with van der Waals surface area (Å²) in [7, 11) is 0. The third kappa shape index (κ3) is 3.85. The Labute approximate surface area is 133 Å². The Morgan fingerprint density at radius 3 is 2.78 bits per heavy atom. The van der Waals surface area contributed by atoms with Gasteiger partial charge in [0.05, 0.1) is 25.3 Å². The summed E-state index contributed by atoms with van der Waals surface area (Å²) in [6.45, 7) is 0.407. The summed E-state index contributed by atoms with van der Waals surface area (Å²) in [6.07, 6.45) is -1.63. The van der Waals surface area contributed by atoms with Gasteiger partial charge in [-0.25, -0.2) is 8.78 Å². The van der Waals surface area contributed by atoms with Crippen molar-refractivity contribution in [2.24, 2.45) is 0 Å². The predicted octanol–water partition coefficient (Wildman–Crippen LogP) is 0.886. The molecule has 0 aliphatic carbocycles. The topological polar surface area (TPSA) is 61.8 Å². The van der Waals surface area contributed by atoms with E-state index in [0.29, 0.717) is 12.1 Å². The lowest BCUT2D eigenvalue weighted by Gasteiger charge is -2.23. The van der Waals surface area contributed by atoms with E-state index < -0.39 is 24.2 Å². The van der Waals surface area contributed by atoms with E-state index in [9.17, 15) is 18.7 Å². The van der Waals surface area contributed by atoms with Crippen LogP contribution in [0.5, 0.6) is 0 Å². The van der Waals surface area contributed by atoms with E-state index in [1.54, 1.807) is 29.2 Å². The van der Waals surface area contributed by atoms with E-state index in [0.717, 1.165) is 0 Å². The maximum absolute atomic E-state index is 13.2. The summed E-state index contributed by atoms with van der Waals surface area (Å²) in [4.78, 5) is 13.7. The quantitative estimate of drug-likeness (QED) is 0.862. The molecule has 2 fully saturated rings. The summed E-state index contributed by atoms with van der Waals surface area (Å²) in [5, 5.41) is 13.0. The van der Waals surface area contributed by atoms with Crippen LogP contribution >= 0.6 is 0 Å². The second kappa shape index (κ2) is 6.51. The number of halogens is 2. The number of aliphatic hydroxyl groups is 1. The first kappa shape index (κ1) is 16.3. The first-order valence-corrected chi connectivity index (χ1v) is 7.70. The van der Waals surface area contributed by atoms with Gasteiger partial charge >= 0.3 is 0 Å². The van der Waals surface area contributed by atoms with Gasteiger partial charge in [-0.15, -0.1) is 0 Å². The molecule has 3 atom stereocenters. The Bertz CT molecular complexity index is 556. The number of amides is 1. The number of benzene rings is 1. The molecule has 2 heterocycles. The molecule has 0 saturated carbocycles. The van der Waals surface area contributed by atoms with Crippen molar-refractivity contribution in [2.45, 2.75) is 30.6 Å². The lowest BCUT2D eigenvalue weighted by Crippen LogP contribution is -2.46. The van der Waals surface area contributed by atoms with Crippen molar-refractivity contribution in [2.75, 3.05) is 26.2 Å². The monoisotopic (exact) mass is 326 g/mol. The fraction of sp³-hybridized carbons (Fsp3) is 0.562. The normalized spacial score (nSPS) is 30.5. The molecule has 0 radical (unpaired) electrons. The molecule has 2 aliphatic rings. The first-order chi connectivity index (χ1) is 10.9. The largest absolute Gasteiger partial charge is 0.388 e. The number of nitrogens with zero attached hydrogens (tertiary/aromatic N) is 1. The zero-order valence-electron chi connectivity index (χ0n) is 12.6. The molecule has 2 N–H and O–H groups in total. The molecule has 23 heavy (non-hydrogen) atoms. The van der Waals surface area contributed by atoms with Crippen molar-refractivity contribution in [3.63, 3.8) is 0 Å². The third-order valence-corrected chi connectivity index (χ3v) is 4.32. The van der Waals surface area contributed by atoms with Gasteiger partial charge in [0, 0.05) is 25.1 Å². The number of ether oxygens (including phenoxy) is 1. The van der Waals surface area contributed by atoms with Crippen LogP contribution in [0.15, 0.2) is 30.3 Å². The molecule has 1 aromatic rings. The third-order valence-electron chi connectivity index (χ3n) is 4.32. The van der Waals surface area contributed by atoms with Gasteiger partial charge in [-0.2, -0.15) is 0 Å². The predicted molar refractivity (Wildman–Crippen MR) is 79.4 cm³/mol. The molecule has 2 saturated heterocycles. The molecule has 3 rings (SSSR count). The fourth-order valence-electron chi connectivity index (χ4n) is 3.03. The Hall–Kier alpha value is -1.57. The van der Waals surface area contributed by atoms with Crippen molar-refractivity contribution in [3.05, 3.63) is 35.9 Å². The summed E-state index contributed by atoms with van der Waals surface area (Å²) >= 11 is 0. The minimum absolute atomic E-state index is 0.163. The Morgan fingerprint density at radius 2 is 2.13 bits per heavy atom. The smallest absolute Gasteiger partial charge is 0.261 e. The second-order valence-corrected chi connectivity index (χ2v) is 6.15. The minimum atomic E-state index is -2.66. The van der Waals surface area contributed by atoms with Crippen molar-refractivity contribution < 1.29 is 23.4 Å². The van der Waals surface area contributed by atoms with Crippen LogP contribution < -0.4 is 5.32 Å². The summed E-state index contributed by atoms with van der Waals surface area (Å²) in [6, 6.07) is 8.16. The molecule has 1 aromatic carbocycles. The van der Waals surface area contributed by atoms with Gasteiger partial charge in [-0.1, -0.05) is 18.2 Å². The lowest BCUT2D eigenvalue weighted by molar-refractivity contribution is -0.00731. The first-order valence-electron chi connectivity index (χ1n) is 7.70. The lowest BCUT2D eigenvalue weighted by atomic mass is 10.1. The summed E-state index contributed by atoms with van der Waals surface area (Å²) in [5.41, 5.74) is 0.502. The Balaban J connectivity index is 1.53. The van der Waals surface area contributed by atoms with Crippen LogP contribution in [0.2, 0.25) is 0 Å². The van der Waals surface area contributed by atoms with E-state index >= 15 is 0 Å². The number of hydrogen-bond donors (Lipinski definition) is 2. The zero-order chi connectivity index (χ0) is 16.4. The van der Waals surface area contributed by atoms with Crippen LogP contribution in [0, 0.1) is 0 Å². The van der Waals surface area contributed by atoms with E-state index in [2.05, 4.69) is 5.32 Å². The minimum Gasteiger partial charge on any atom is -0.388 e. The molecule has 5 nitrogen and oxygen atoms in total. The number of rotatable bonds is 4. The van der Waals surface area contributed by atoms with Crippen LogP contribution in [-0.2, 0) is 4.74 Å². The number of carbonyl (C=O) groups excluding carboxylic acids is 1. The fourth-order valence-corrected chi connectivity index (χ4v) is 3.03. The van der Waals surface area contributed by atoms with E-state index in [1.807, 2.05) is 6.07 Å². The highest BCUT2D eigenvalue weighted by Crippen LogP contribution is 2.28. The van der Waals surface area contributed by atoms with Crippen molar-refractivity contribution in [1.82, 2.24) is 10.2 Å². The van der Waals surface area contributed by atoms with Gasteiger partial charge in [0.15, 0.2) is 0 Å². The van der Waals surface area contributed by atoms with E-state index in [1.165, 1.54) is 0 Å². The molecule has 126 valence electrons. The molecule has 2 aliphatic heterocycles. The summed E-state index contributed by atoms with van der Waals surface area (Å²) in [5.74, 6) is -2.95. The SMILES string of the molecule is O=C(NC1COC(CN2CCC(F)(F)C2)C1O)c1ccccc1. The molecule has 0 aromatic heterocycles. The van der Waals surface area contributed by atoms with Crippen molar-refractivity contribution in [3.8, 4) is 0 Å². The van der Waals surface area contributed by atoms with Gasteiger partial charge in [0.2, 0.25) is 0 Å². The number of carbonyl (C=O) groups is 1. The van der Waals surface area contributed by atoms with Crippen LogP contribution in [0.4, 0.5) is 8.78 Å². The van der Waals surface area contributed by atoms with Crippen LogP contribution in [-0.4, -0.2) is 66.3 Å². The van der Waals surface area contributed by atoms with Crippen LogP contribution in [0.25, 0.3) is 0 Å². The van der Waals surface area contributed by atoms with E-state index in [4.69, 9.17) is 4.74 Å². The molecule has 0 spiro atoms. The van der Waals surface area contributed by atoms with Gasteiger partial charge in [-0.3, -0.25) is 9.69 Å². The number of nitrogens with one attached hydrogen (secondary N) is 1. The molecule has 0 bridgehead atoms. The maximum atomic E-state index is 13.2. The van der Waals surface area contributed by atoms with Gasteiger partial charge in [0.1, 0.15) is 6.10 Å². The van der Waals surface area contributed by atoms with Gasteiger partial charge < -0.3 is 15.2 Å². The number of aliphatic hydroxyl groups excluding tert-OH is 1. The van der Waals surface area contributed by atoms with Crippen molar-refractivity contribution in [1.29, 1.82) is 0 Å². The number of alkyl halides is 2. The highest BCUT2D eigenvalue weighted by Gasteiger charge is 2.42. The number of likely N-dealkylation sites (tertiary alicyclic amines) is 1. The molecule has 1 amide bonds. The van der Waals surface area contributed by atoms with Gasteiger partial charge in [0.25, 0.3) is 11.8 Å². The van der Waals surface area contributed by atoms with Crippen LogP contribution in [0.1, 0.15) is 16.8 Å². The zero-order valence-corrected chi connectivity index (χ0v) is 12.6. The standard InChI is InChI=1S/C16H20F2N2O3/c17-16(18)6-7-20(10-16)8-13-14(21)12(9-23-13)19-15(22)11-4-2-1-3-5-11/h1-5,12-14,21H,6-10H2,(H,19,22). The van der Waals surface area contributed by atoms with Gasteiger partial charge in [-0.05, 0) is 12.1 Å². The second-order valence-electron chi connectivity index (χ2n) is 6.15. The van der Waals surface area contributed by atoms with E-state index in [-0.39, 0.29) is 32.0 Å². The Kier molecular flexibility index (Phi) is 4.61. The molecular formula is C16H20F2N2O3. The average molecular weight is 326 g/mol. The maximum Gasteiger partial charge on any atom is 0.261 e. The van der Waals surface area contributed by atoms with Crippen molar-refractivity contribution >= 4 is 5.91 Å². The average Bonchev–Trinajstić information content (AvgIpc) is 3.04.